The van der Waals surface area contributed by atoms with Gasteiger partial charge in [-0.25, -0.2) is 13.1 Å². The highest BCUT2D eigenvalue weighted by Crippen LogP contribution is 2.25. The molecule has 0 fully saturated rings. The molecule has 0 aliphatic carbocycles. The van der Waals surface area contributed by atoms with Crippen molar-refractivity contribution in [2.45, 2.75) is 31.4 Å². The second-order valence-electron chi connectivity index (χ2n) is 4.71. The van der Waals surface area contributed by atoms with Gasteiger partial charge in [0.05, 0.1) is 17.7 Å². The van der Waals surface area contributed by atoms with Crippen molar-refractivity contribution in [1.82, 2.24) is 4.72 Å². The summed E-state index contributed by atoms with van der Waals surface area (Å²) in [4.78, 5) is -0.0640. The number of hydrogen-bond donors (Lipinski definition) is 2. The first-order chi connectivity index (χ1) is 9.83. The highest BCUT2D eigenvalue weighted by atomic mass is 35.5. The zero-order valence-corrected chi connectivity index (χ0v) is 13.2. The summed E-state index contributed by atoms with van der Waals surface area (Å²) in [7, 11) is -3.81. The standard InChI is InChI=1S/C14H16ClNO4S/c1-9-3-6-13(20-9)10(2)16-21(18,19)14-7-11(8-17)4-5-12(14)15/h3-7,10,16-17H,8H2,1-2H3. The summed E-state index contributed by atoms with van der Waals surface area (Å²) >= 11 is 5.95. The molecule has 1 aromatic heterocycles. The maximum atomic E-state index is 12.4. The first-order valence-corrected chi connectivity index (χ1v) is 8.17. The number of aliphatic hydroxyl groups excluding tert-OH is 1. The van der Waals surface area contributed by atoms with E-state index in [1.54, 1.807) is 32.0 Å². The lowest BCUT2D eigenvalue weighted by atomic mass is 10.2. The number of nitrogens with one attached hydrogen (secondary N) is 1. The molecule has 0 saturated carbocycles. The van der Waals surface area contributed by atoms with Crippen LogP contribution in [0.15, 0.2) is 39.6 Å². The highest BCUT2D eigenvalue weighted by molar-refractivity contribution is 7.89. The minimum atomic E-state index is -3.81. The normalized spacial score (nSPS) is 13.3. The Labute approximate surface area is 128 Å². The molecule has 0 radical (unpaired) electrons. The van der Waals surface area contributed by atoms with Crippen molar-refractivity contribution < 1.29 is 17.9 Å². The van der Waals surface area contributed by atoms with Crippen molar-refractivity contribution in [2.24, 2.45) is 0 Å². The number of aryl methyl sites for hydroxylation is 1. The molecule has 2 N–H and O–H groups in total. The molecule has 2 aromatic rings. The lowest BCUT2D eigenvalue weighted by molar-refractivity contribution is 0.281. The van der Waals surface area contributed by atoms with Gasteiger partial charge in [0.25, 0.3) is 0 Å². The smallest absolute Gasteiger partial charge is 0.242 e. The zero-order valence-electron chi connectivity index (χ0n) is 11.6. The average Bonchev–Trinajstić information content (AvgIpc) is 2.85. The van der Waals surface area contributed by atoms with E-state index in [-0.39, 0.29) is 16.5 Å². The molecule has 114 valence electrons. The van der Waals surface area contributed by atoms with E-state index in [9.17, 15) is 8.42 Å². The molecule has 5 nitrogen and oxygen atoms in total. The average molecular weight is 330 g/mol. The molecule has 1 aromatic carbocycles. The van der Waals surface area contributed by atoms with Crippen LogP contribution in [0.4, 0.5) is 0 Å². The van der Waals surface area contributed by atoms with E-state index in [2.05, 4.69) is 4.72 Å². The number of aliphatic hydroxyl groups is 1. The van der Waals surface area contributed by atoms with Crippen LogP contribution in [0.1, 0.15) is 30.0 Å². The minimum absolute atomic E-state index is 0.0640. The fourth-order valence-corrected chi connectivity index (χ4v) is 3.65. The van der Waals surface area contributed by atoms with Crippen LogP contribution in [0.25, 0.3) is 0 Å². The van der Waals surface area contributed by atoms with Gasteiger partial charge in [0.15, 0.2) is 0 Å². The van der Waals surface area contributed by atoms with E-state index in [1.165, 1.54) is 12.1 Å². The summed E-state index contributed by atoms with van der Waals surface area (Å²) in [5, 5.41) is 9.21. The molecule has 0 bridgehead atoms. The van der Waals surface area contributed by atoms with Gasteiger partial charge in [-0.15, -0.1) is 0 Å². The van der Waals surface area contributed by atoms with Crippen LogP contribution in [-0.4, -0.2) is 13.5 Å². The SMILES string of the molecule is Cc1ccc(C(C)NS(=O)(=O)c2cc(CO)ccc2Cl)o1. The Morgan fingerprint density at radius 3 is 2.62 bits per heavy atom. The summed E-state index contributed by atoms with van der Waals surface area (Å²) in [6, 6.07) is 7.32. The molecule has 0 aliphatic rings. The van der Waals surface area contributed by atoms with Gasteiger partial charge in [-0.05, 0) is 43.7 Å². The van der Waals surface area contributed by atoms with E-state index in [1.807, 2.05) is 0 Å². The number of hydrogen-bond acceptors (Lipinski definition) is 4. The summed E-state index contributed by atoms with van der Waals surface area (Å²) < 4.78 is 32.7. The molecule has 1 heterocycles. The van der Waals surface area contributed by atoms with Gasteiger partial charge < -0.3 is 9.52 Å². The fourth-order valence-electron chi connectivity index (χ4n) is 1.89. The third-order valence-corrected chi connectivity index (χ3v) is 5.01. The van der Waals surface area contributed by atoms with Crippen LogP contribution in [0.5, 0.6) is 0 Å². The molecule has 7 heteroatoms. The van der Waals surface area contributed by atoms with Gasteiger partial charge in [0, 0.05) is 0 Å². The minimum Gasteiger partial charge on any atom is -0.465 e. The largest absolute Gasteiger partial charge is 0.465 e. The lowest BCUT2D eigenvalue weighted by Crippen LogP contribution is -2.27. The molecule has 1 atom stereocenters. The van der Waals surface area contributed by atoms with Gasteiger partial charge >= 0.3 is 0 Å². The second kappa shape index (κ2) is 6.19. The monoisotopic (exact) mass is 329 g/mol. The molecule has 1 unspecified atom stereocenters. The van der Waals surface area contributed by atoms with Crippen molar-refractivity contribution in [2.75, 3.05) is 0 Å². The lowest BCUT2D eigenvalue weighted by Gasteiger charge is -2.13. The van der Waals surface area contributed by atoms with Crippen LogP contribution in [0, 0.1) is 6.92 Å². The first kappa shape index (κ1) is 16.0. The van der Waals surface area contributed by atoms with Crippen molar-refractivity contribution in [1.29, 1.82) is 0 Å². The Bertz CT molecular complexity index is 739. The summed E-state index contributed by atoms with van der Waals surface area (Å²) in [6.07, 6.45) is 0. The predicted octanol–water partition coefficient (Wildman–Crippen LogP) is 2.77. The number of furan rings is 1. The van der Waals surface area contributed by atoms with Crippen molar-refractivity contribution in [3.63, 3.8) is 0 Å². The van der Waals surface area contributed by atoms with Gasteiger partial charge in [-0.1, -0.05) is 17.7 Å². The van der Waals surface area contributed by atoms with Gasteiger partial charge in [0.1, 0.15) is 16.4 Å². The predicted molar refractivity (Wildman–Crippen MR) is 79.6 cm³/mol. The maximum absolute atomic E-state index is 12.4. The Kier molecular flexibility index (Phi) is 4.73. The number of sulfonamides is 1. The fraction of sp³-hybridized carbons (Fsp3) is 0.286. The number of halogens is 1. The van der Waals surface area contributed by atoms with Crippen LogP contribution >= 0.6 is 11.6 Å². The third-order valence-electron chi connectivity index (χ3n) is 2.99. The van der Waals surface area contributed by atoms with Gasteiger partial charge in [0.2, 0.25) is 10.0 Å². The maximum Gasteiger partial charge on any atom is 0.242 e. The van der Waals surface area contributed by atoms with Crippen molar-refractivity contribution in [3.8, 4) is 0 Å². The number of benzene rings is 1. The summed E-state index contributed by atoms with van der Waals surface area (Å²) in [6.45, 7) is 3.21. The first-order valence-electron chi connectivity index (χ1n) is 6.31. The Balaban J connectivity index is 2.30. The zero-order chi connectivity index (χ0) is 15.6. The molecule has 0 saturated heterocycles. The highest BCUT2D eigenvalue weighted by Gasteiger charge is 2.23. The summed E-state index contributed by atoms with van der Waals surface area (Å²) in [5.41, 5.74) is 0.473. The molecule has 0 amide bonds. The topological polar surface area (TPSA) is 79.5 Å². The molecule has 0 spiro atoms. The van der Waals surface area contributed by atoms with Crippen LogP contribution in [-0.2, 0) is 16.6 Å². The summed E-state index contributed by atoms with van der Waals surface area (Å²) in [5.74, 6) is 1.22. The molecule has 21 heavy (non-hydrogen) atoms. The Morgan fingerprint density at radius 2 is 2.05 bits per heavy atom. The van der Waals surface area contributed by atoms with E-state index in [4.69, 9.17) is 21.1 Å². The molecule has 2 rings (SSSR count). The van der Waals surface area contributed by atoms with Crippen LogP contribution < -0.4 is 4.72 Å². The van der Waals surface area contributed by atoms with E-state index in [0.717, 1.165) is 0 Å². The molecular formula is C14H16ClNO4S. The Morgan fingerprint density at radius 1 is 1.33 bits per heavy atom. The van der Waals surface area contributed by atoms with Crippen molar-refractivity contribution in [3.05, 3.63) is 52.4 Å². The molecule has 0 aliphatic heterocycles. The van der Waals surface area contributed by atoms with Crippen LogP contribution in [0.2, 0.25) is 5.02 Å². The Hall–Kier alpha value is -1.34. The molecular weight excluding hydrogens is 314 g/mol. The van der Waals surface area contributed by atoms with Crippen molar-refractivity contribution >= 4 is 21.6 Å². The second-order valence-corrected chi connectivity index (χ2v) is 6.80. The number of rotatable bonds is 5. The van der Waals surface area contributed by atoms with Gasteiger partial charge in [-0.2, -0.15) is 0 Å². The van der Waals surface area contributed by atoms with E-state index in [0.29, 0.717) is 17.1 Å². The van der Waals surface area contributed by atoms with Gasteiger partial charge in [-0.3, -0.25) is 0 Å². The van der Waals surface area contributed by atoms with E-state index < -0.39 is 16.1 Å². The van der Waals surface area contributed by atoms with E-state index >= 15 is 0 Å². The third kappa shape index (κ3) is 3.65. The van der Waals surface area contributed by atoms with Crippen LogP contribution in [0.3, 0.4) is 0 Å². The quantitative estimate of drug-likeness (QED) is 0.884.